The predicted molar refractivity (Wildman–Crippen MR) is 149 cm³/mol. The quantitative estimate of drug-likeness (QED) is 0.162. The van der Waals surface area contributed by atoms with Gasteiger partial charge < -0.3 is 9.73 Å². The summed E-state index contributed by atoms with van der Waals surface area (Å²) in [5.74, 6) is -1.35. The molecule has 1 aromatic heterocycles. The third-order valence-electron chi connectivity index (χ3n) is 5.31. The predicted octanol–water partition coefficient (Wildman–Crippen LogP) is 5.07. The summed E-state index contributed by atoms with van der Waals surface area (Å²) in [6, 6.07) is 24.5. The van der Waals surface area contributed by atoms with Crippen molar-refractivity contribution in [1.29, 1.82) is 0 Å². The van der Waals surface area contributed by atoms with Crippen LogP contribution in [0.25, 0.3) is 0 Å². The Morgan fingerprint density at radius 1 is 0.846 bits per heavy atom. The standard InChI is InChI=1S/C27H22Cl2N4O5S/c28-20-11-9-19(10-12-20)17-33(39(36,37)25-7-2-1-3-8-25)18-24-14-13-23(38-24)16-30-32-27(35)26(34)31-22-6-4-5-21(29)15-22/h1-16H,17-18H2,(H,31,34)(H,32,35)/b30-16+. The van der Waals surface area contributed by atoms with E-state index in [1.807, 2.05) is 0 Å². The fourth-order valence-electron chi connectivity index (χ4n) is 3.44. The van der Waals surface area contributed by atoms with Gasteiger partial charge >= 0.3 is 11.8 Å². The second-order valence-corrected chi connectivity index (χ2v) is 11.0. The molecule has 2 N–H and O–H groups in total. The largest absolute Gasteiger partial charge is 0.459 e. The van der Waals surface area contributed by atoms with Gasteiger partial charge in [0.15, 0.2) is 0 Å². The van der Waals surface area contributed by atoms with Crippen molar-refractivity contribution in [2.24, 2.45) is 5.10 Å². The van der Waals surface area contributed by atoms with Gasteiger partial charge in [-0.15, -0.1) is 0 Å². The van der Waals surface area contributed by atoms with Gasteiger partial charge in [0.2, 0.25) is 10.0 Å². The molecule has 4 rings (SSSR count). The lowest BCUT2D eigenvalue weighted by molar-refractivity contribution is -0.136. The van der Waals surface area contributed by atoms with Crippen LogP contribution in [-0.4, -0.2) is 30.8 Å². The van der Waals surface area contributed by atoms with Crippen molar-refractivity contribution in [2.75, 3.05) is 5.32 Å². The zero-order valence-corrected chi connectivity index (χ0v) is 22.6. The molecule has 200 valence electrons. The molecule has 0 bridgehead atoms. The van der Waals surface area contributed by atoms with Gasteiger partial charge in [0, 0.05) is 22.3 Å². The normalized spacial score (nSPS) is 11.6. The number of rotatable bonds is 9. The number of carbonyl (C=O) groups is 2. The molecular formula is C27H22Cl2N4O5S. The highest BCUT2D eigenvalue weighted by Crippen LogP contribution is 2.22. The molecule has 0 saturated heterocycles. The fourth-order valence-corrected chi connectivity index (χ4v) is 5.17. The maximum Gasteiger partial charge on any atom is 0.329 e. The minimum absolute atomic E-state index is 0.0674. The van der Waals surface area contributed by atoms with Crippen LogP contribution in [0.3, 0.4) is 0 Å². The Hall–Kier alpha value is -3.96. The third kappa shape index (κ3) is 7.78. The lowest BCUT2D eigenvalue weighted by Crippen LogP contribution is -2.32. The SMILES string of the molecule is O=C(N/N=C/c1ccc(CN(Cc2ccc(Cl)cc2)S(=O)(=O)c2ccccc2)o1)C(=O)Nc1cccc(Cl)c1. The molecule has 12 heteroatoms. The van der Waals surface area contributed by atoms with E-state index in [1.165, 1.54) is 28.7 Å². The zero-order chi connectivity index (χ0) is 27.8. The van der Waals surface area contributed by atoms with Gasteiger partial charge in [0.05, 0.1) is 17.7 Å². The third-order valence-corrected chi connectivity index (χ3v) is 7.61. The first-order chi connectivity index (χ1) is 18.7. The van der Waals surface area contributed by atoms with Crippen molar-refractivity contribution in [3.8, 4) is 0 Å². The number of hydrazone groups is 1. The number of amides is 2. The number of nitrogens with one attached hydrogen (secondary N) is 2. The van der Waals surface area contributed by atoms with E-state index in [1.54, 1.807) is 72.8 Å². The fraction of sp³-hybridized carbons (Fsp3) is 0.0741. The van der Waals surface area contributed by atoms with E-state index in [9.17, 15) is 18.0 Å². The summed E-state index contributed by atoms with van der Waals surface area (Å²) in [5, 5.41) is 7.09. The van der Waals surface area contributed by atoms with Crippen molar-refractivity contribution >= 4 is 56.9 Å². The molecule has 0 saturated carbocycles. The molecule has 0 atom stereocenters. The average Bonchev–Trinajstić information content (AvgIpc) is 3.37. The average molecular weight is 585 g/mol. The Bertz CT molecular complexity index is 1590. The first-order valence-corrected chi connectivity index (χ1v) is 13.7. The minimum Gasteiger partial charge on any atom is -0.459 e. The Labute approximate surface area is 235 Å². The van der Waals surface area contributed by atoms with Crippen LogP contribution in [0.1, 0.15) is 17.1 Å². The molecule has 39 heavy (non-hydrogen) atoms. The highest BCUT2D eigenvalue weighted by Gasteiger charge is 2.26. The first-order valence-electron chi connectivity index (χ1n) is 11.5. The highest BCUT2D eigenvalue weighted by atomic mass is 35.5. The van der Waals surface area contributed by atoms with Crippen molar-refractivity contribution < 1.29 is 22.4 Å². The number of nitrogens with zero attached hydrogens (tertiary/aromatic N) is 2. The molecule has 0 aliphatic rings. The van der Waals surface area contributed by atoms with Crippen molar-refractivity contribution in [3.63, 3.8) is 0 Å². The molecule has 0 radical (unpaired) electrons. The lowest BCUT2D eigenvalue weighted by atomic mass is 10.2. The van der Waals surface area contributed by atoms with Gasteiger partial charge in [-0.05, 0) is 60.2 Å². The molecule has 0 unspecified atom stereocenters. The number of benzene rings is 3. The topological polar surface area (TPSA) is 121 Å². The second kappa shape index (κ2) is 12.7. The molecular weight excluding hydrogens is 563 g/mol. The smallest absolute Gasteiger partial charge is 0.329 e. The summed E-state index contributed by atoms with van der Waals surface area (Å²) < 4.78 is 33.8. The number of hydrogen-bond acceptors (Lipinski definition) is 6. The molecule has 0 aliphatic carbocycles. The molecule has 1 heterocycles. The van der Waals surface area contributed by atoms with Crippen LogP contribution in [0.15, 0.2) is 105 Å². The van der Waals surface area contributed by atoms with E-state index < -0.39 is 21.8 Å². The van der Waals surface area contributed by atoms with Crippen LogP contribution in [0.5, 0.6) is 0 Å². The van der Waals surface area contributed by atoms with E-state index in [-0.39, 0.29) is 23.7 Å². The number of anilines is 1. The summed E-state index contributed by atoms with van der Waals surface area (Å²) in [6.07, 6.45) is 1.20. The monoisotopic (exact) mass is 584 g/mol. The highest BCUT2D eigenvalue weighted by molar-refractivity contribution is 7.89. The van der Waals surface area contributed by atoms with Crippen LogP contribution in [0.4, 0.5) is 5.69 Å². The maximum absolute atomic E-state index is 13.4. The molecule has 2 amide bonds. The summed E-state index contributed by atoms with van der Waals surface area (Å²) in [7, 11) is -3.87. The number of hydrogen-bond donors (Lipinski definition) is 2. The van der Waals surface area contributed by atoms with Crippen LogP contribution in [-0.2, 0) is 32.7 Å². The van der Waals surface area contributed by atoms with Crippen molar-refractivity contribution in [1.82, 2.24) is 9.73 Å². The van der Waals surface area contributed by atoms with Crippen molar-refractivity contribution in [2.45, 2.75) is 18.0 Å². The minimum atomic E-state index is -3.87. The van der Waals surface area contributed by atoms with Crippen LogP contribution < -0.4 is 10.7 Å². The number of sulfonamides is 1. The molecule has 0 fully saturated rings. The molecule has 4 aromatic rings. The van der Waals surface area contributed by atoms with Gasteiger partial charge in [0.25, 0.3) is 0 Å². The van der Waals surface area contributed by atoms with E-state index in [4.69, 9.17) is 27.6 Å². The van der Waals surface area contributed by atoms with Crippen LogP contribution in [0, 0.1) is 0 Å². The van der Waals surface area contributed by atoms with E-state index in [0.29, 0.717) is 21.5 Å². The molecule has 0 spiro atoms. The van der Waals surface area contributed by atoms with E-state index >= 15 is 0 Å². The number of furan rings is 1. The molecule has 9 nitrogen and oxygen atoms in total. The summed E-state index contributed by atoms with van der Waals surface area (Å²) >= 11 is 11.8. The molecule has 0 aliphatic heterocycles. The number of carbonyl (C=O) groups excluding carboxylic acids is 2. The van der Waals surface area contributed by atoms with Gasteiger partial charge in [-0.3, -0.25) is 9.59 Å². The Balaban J connectivity index is 1.43. The van der Waals surface area contributed by atoms with Gasteiger partial charge in [-0.1, -0.05) is 59.6 Å². The Kier molecular flexibility index (Phi) is 9.15. The Morgan fingerprint density at radius 2 is 1.59 bits per heavy atom. The maximum atomic E-state index is 13.4. The van der Waals surface area contributed by atoms with Gasteiger partial charge in [0.1, 0.15) is 11.5 Å². The van der Waals surface area contributed by atoms with Crippen LogP contribution >= 0.6 is 23.2 Å². The van der Waals surface area contributed by atoms with Crippen molar-refractivity contribution in [3.05, 3.63) is 118 Å². The zero-order valence-electron chi connectivity index (χ0n) is 20.3. The van der Waals surface area contributed by atoms with E-state index in [0.717, 1.165) is 5.56 Å². The summed E-state index contributed by atoms with van der Waals surface area (Å²) in [6.45, 7) is 0.0123. The van der Waals surface area contributed by atoms with E-state index in [2.05, 4.69) is 15.8 Å². The second-order valence-electron chi connectivity index (χ2n) is 8.18. The lowest BCUT2D eigenvalue weighted by Gasteiger charge is -2.21. The van der Waals surface area contributed by atoms with Gasteiger partial charge in [-0.2, -0.15) is 9.41 Å². The summed E-state index contributed by atoms with van der Waals surface area (Å²) in [4.78, 5) is 24.2. The van der Waals surface area contributed by atoms with Crippen LogP contribution in [0.2, 0.25) is 10.0 Å². The molecule has 3 aromatic carbocycles. The van der Waals surface area contributed by atoms with Gasteiger partial charge in [-0.25, -0.2) is 13.8 Å². The number of halogens is 2. The first kappa shape index (κ1) is 28.1. The Morgan fingerprint density at radius 3 is 2.31 bits per heavy atom. The summed E-state index contributed by atoms with van der Waals surface area (Å²) in [5.41, 5.74) is 3.21.